The highest BCUT2D eigenvalue weighted by Crippen LogP contribution is 2.17. The third kappa shape index (κ3) is 7.14. The summed E-state index contributed by atoms with van der Waals surface area (Å²) in [5.74, 6) is 1.16. The third-order valence-electron chi connectivity index (χ3n) is 3.47. The molecule has 1 aromatic carbocycles. The lowest BCUT2D eigenvalue weighted by atomic mass is 10.3. The predicted molar refractivity (Wildman–Crippen MR) is 100.0 cm³/mol. The number of benzene rings is 1. The van der Waals surface area contributed by atoms with Gasteiger partial charge in [0.05, 0.1) is 25.2 Å². The molecule has 1 heterocycles. The fourth-order valence-corrected chi connectivity index (χ4v) is 2.75. The van der Waals surface area contributed by atoms with Gasteiger partial charge in [-0.1, -0.05) is 6.07 Å². The predicted octanol–water partition coefficient (Wildman–Crippen LogP) is 3.28. The van der Waals surface area contributed by atoms with Gasteiger partial charge in [-0.05, 0) is 48.6 Å². The van der Waals surface area contributed by atoms with Crippen LogP contribution in [0.3, 0.4) is 0 Å². The summed E-state index contributed by atoms with van der Waals surface area (Å²) in [5, 5.41) is 4.64. The van der Waals surface area contributed by atoms with Crippen LogP contribution in [-0.4, -0.2) is 38.7 Å². The van der Waals surface area contributed by atoms with E-state index in [2.05, 4.69) is 5.32 Å². The molecule has 26 heavy (non-hydrogen) atoms. The molecule has 2 aromatic rings. The standard InChI is InChI=1S/C19H23NO5S/c1-23-15-7-9-16(10-8-15)24-12-2-6-18(21)25-13-4-11-20-19(22)17-5-3-14-26-17/h3,5,7-10,14H,2,4,6,11-13H2,1H3,(H,20,22). The summed E-state index contributed by atoms with van der Waals surface area (Å²) in [6.07, 6.45) is 1.48. The van der Waals surface area contributed by atoms with Crippen molar-refractivity contribution in [1.82, 2.24) is 5.32 Å². The summed E-state index contributed by atoms with van der Waals surface area (Å²) >= 11 is 1.40. The van der Waals surface area contributed by atoms with Gasteiger partial charge in [0, 0.05) is 13.0 Å². The molecule has 1 aromatic heterocycles. The van der Waals surface area contributed by atoms with Crippen molar-refractivity contribution < 1.29 is 23.8 Å². The number of thiophene rings is 1. The highest BCUT2D eigenvalue weighted by atomic mass is 32.1. The maximum atomic E-state index is 11.7. The van der Waals surface area contributed by atoms with E-state index in [0.717, 1.165) is 11.5 Å². The van der Waals surface area contributed by atoms with E-state index in [0.29, 0.717) is 43.9 Å². The van der Waals surface area contributed by atoms with E-state index >= 15 is 0 Å². The normalized spacial score (nSPS) is 10.2. The van der Waals surface area contributed by atoms with Crippen LogP contribution in [-0.2, 0) is 9.53 Å². The summed E-state index contributed by atoms with van der Waals surface area (Å²) in [6.45, 7) is 1.21. The van der Waals surface area contributed by atoms with Crippen LogP contribution in [0, 0.1) is 0 Å². The van der Waals surface area contributed by atoms with Gasteiger partial charge >= 0.3 is 5.97 Å². The Morgan fingerprint density at radius 1 is 1.04 bits per heavy atom. The summed E-state index contributed by atoms with van der Waals surface area (Å²) in [7, 11) is 1.61. The van der Waals surface area contributed by atoms with Gasteiger partial charge in [-0.25, -0.2) is 0 Å². The number of carbonyl (C=O) groups is 2. The van der Waals surface area contributed by atoms with Crippen molar-refractivity contribution in [3.8, 4) is 11.5 Å². The second kappa shape index (κ2) is 11.1. The molecule has 0 aliphatic carbocycles. The maximum Gasteiger partial charge on any atom is 0.305 e. The Morgan fingerprint density at radius 3 is 2.50 bits per heavy atom. The summed E-state index contributed by atoms with van der Waals surface area (Å²) in [6, 6.07) is 10.9. The molecule has 0 saturated carbocycles. The molecule has 7 heteroatoms. The second-order valence-electron chi connectivity index (χ2n) is 5.43. The number of nitrogens with one attached hydrogen (secondary N) is 1. The molecule has 0 aliphatic heterocycles. The number of rotatable bonds is 11. The average Bonchev–Trinajstić information content (AvgIpc) is 3.20. The van der Waals surface area contributed by atoms with E-state index in [-0.39, 0.29) is 11.9 Å². The van der Waals surface area contributed by atoms with Crippen molar-refractivity contribution >= 4 is 23.2 Å². The molecule has 0 atom stereocenters. The number of esters is 1. The van der Waals surface area contributed by atoms with E-state index < -0.39 is 0 Å². The number of hydrogen-bond donors (Lipinski definition) is 1. The van der Waals surface area contributed by atoms with Gasteiger partial charge in [0.1, 0.15) is 11.5 Å². The lowest BCUT2D eigenvalue weighted by Gasteiger charge is -2.08. The quantitative estimate of drug-likeness (QED) is 0.480. The number of ether oxygens (including phenoxy) is 3. The van der Waals surface area contributed by atoms with Crippen molar-refractivity contribution in [1.29, 1.82) is 0 Å². The zero-order valence-corrected chi connectivity index (χ0v) is 15.6. The topological polar surface area (TPSA) is 73.9 Å². The molecule has 0 bridgehead atoms. The Hall–Kier alpha value is -2.54. The van der Waals surface area contributed by atoms with E-state index in [1.165, 1.54) is 11.3 Å². The Balaban J connectivity index is 1.47. The number of hydrogen-bond acceptors (Lipinski definition) is 6. The lowest BCUT2D eigenvalue weighted by molar-refractivity contribution is -0.143. The van der Waals surface area contributed by atoms with E-state index in [1.807, 2.05) is 35.7 Å². The van der Waals surface area contributed by atoms with E-state index in [1.54, 1.807) is 13.2 Å². The number of methoxy groups -OCH3 is 1. The number of carbonyl (C=O) groups excluding carboxylic acids is 2. The first-order chi connectivity index (χ1) is 12.7. The molecule has 0 spiro atoms. The van der Waals surface area contributed by atoms with Gasteiger partial charge in [-0.3, -0.25) is 9.59 Å². The highest BCUT2D eigenvalue weighted by molar-refractivity contribution is 7.12. The van der Waals surface area contributed by atoms with E-state index in [9.17, 15) is 9.59 Å². The van der Waals surface area contributed by atoms with Crippen molar-refractivity contribution in [3.63, 3.8) is 0 Å². The molecule has 2 rings (SSSR count). The minimum absolute atomic E-state index is 0.0954. The van der Waals surface area contributed by atoms with Gasteiger partial charge < -0.3 is 19.5 Å². The highest BCUT2D eigenvalue weighted by Gasteiger charge is 2.06. The average molecular weight is 377 g/mol. The van der Waals surface area contributed by atoms with Crippen LogP contribution in [0.1, 0.15) is 28.9 Å². The number of amides is 1. The van der Waals surface area contributed by atoms with Crippen molar-refractivity contribution in [3.05, 3.63) is 46.7 Å². The largest absolute Gasteiger partial charge is 0.497 e. The first-order valence-electron chi connectivity index (χ1n) is 8.43. The molecule has 0 fully saturated rings. The Kier molecular flexibility index (Phi) is 8.48. The molecule has 0 saturated heterocycles. The minimum Gasteiger partial charge on any atom is -0.497 e. The Bertz CT molecular complexity index is 670. The minimum atomic E-state index is -0.257. The smallest absolute Gasteiger partial charge is 0.305 e. The Morgan fingerprint density at radius 2 is 1.81 bits per heavy atom. The van der Waals surface area contributed by atoms with E-state index in [4.69, 9.17) is 14.2 Å². The van der Waals surface area contributed by atoms with Crippen LogP contribution < -0.4 is 14.8 Å². The summed E-state index contributed by atoms with van der Waals surface area (Å²) < 4.78 is 15.8. The van der Waals surface area contributed by atoms with Crippen LogP contribution in [0.5, 0.6) is 11.5 Å². The first-order valence-corrected chi connectivity index (χ1v) is 9.31. The first kappa shape index (κ1) is 19.8. The molecule has 6 nitrogen and oxygen atoms in total. The Labute approximate surface area is 157 Å². The maximum absolute atomic E-state index is 11.7. The lowest BCUT2D eigenvalue weighted by Crippen LogP contribution is -2.24. The third-order valence-corrected chi connectivity index (χ3v) is 4.34. The fourth-order valence-electron chi connectivity index (χ4n) is 2.11. The summed E-state index contributed by atoms with van der Waals surface area (Å²) in [4.78, 5) is 24.0. The molecule has 140 valence electrons. The van der Waals surface area contributed by atoms with Crippen LogP contribution in [0.2, 0.25) is 0 Å². The zero-order chi connectivity index (χ0) is 18.6. The van der Waals surface area contributed by atoms with Crippen LogP contribution in [0.15, 0.2) is 41.8 Å². The van der Waals surface area contributed by atoms with Gasteiger partial charge in [-0.2, -0.15) is 0 Å². The summed E-state index contributed by atoms with van der Waals surface area (Å²) in [5.41, 5.74) is 0. The van der Waals surface area contributed by atoms with Crippen LogP contribution in [0.25, 0.3) is 0 Å². The molecule has 1 N–H and O–H groups in total. The molecule has 0 radical (unpaired) electrons. The molecule has 0 aliphatic rings. The monoisotopic (exact) mass is 377 g/mol. The van der Waals surface area contributed by atoms with Crippen molar-refractivity contribution in [2.24, 2.45) is 0 Å². The molecule has 0 unspecified atom stereocenters. The van der Waals surface area contributed by atoms with Gasteiger partial charge in [0.15, 0.2) is 0 Å². The van der Waals surface area contributed by atoms with Crippen LogP contribution >= 0.6 is 11.3 Å². The zero-order valence-electron chi connectivity index (χ0n) is 14.7. The van der Waals surface area contributed by atoms with Crippen molar-refractivity contribution in [2.75, 3.05) is 26.9 Å². The van der Waals surface area contributed by atoms with Gasteiger partial charge in [0.25, 0.3) is 5.91 Å². The SMILES string of the molecule is COc1ccc(OCCCC(=O)OCCCNC(=O)c2cccs2)cc1. The van der Waals surface area contributed by atoms with Crippen LogP contribution in [0.4, 0.5) is 0 Å². The molecular formula is C19H23NO5S. The second-order valence-corrected chi connectivity index (χ2v) is 6.38. The molecule has 1 amide bonds. The fraction of sp³-hybridized carbons (Fsp3) is 0.368. The van der Waals surface area contributed by atoms with Crippen molar-refractivity contribution in [2.45, 2.75) is 19.3 Å². The van der Waals surface area contributed by atoms with Gasteiger partial charge in [0.2, 0.25) is 0 Å². The molecular weight excluding hydrogens is 354 g/mol. The van der Waals surface area contributed by atoms with Gasteiger partial charge in [-0.15, -0.1) is 11.3 Å².